The van der Waals surface area contributed by atoms with Crippen LogP contribution in [0.25, 0.3) is 5.76 Å². The molecule has 3 aliphatic heterocycles. The molecule has 10 nitrogen and oxygen atoms in total. The number of nitrogens with zero attached hydrogens (tertiary/aromatic N) is 2. The monoisotopic (exact) mass is 574 g/mol. The molecule has 2 fully saturated rings. The Morgan fingerprint density at radius 1 is 1.05 bits per heavy atom. The fourth-order valence-corrected chi connectivity index (χ4v) is 5.24. The molecule has 11 heteroatoms. The Kier molecular flexibility index (Phi) is 7.27. The summed E-state index contributed by atoms with van der Waals surface area (Å²) in [6.45, 7) is 4.24. The van der Waals surface area contributed by atoms with Crippen LogP contribution in [0.2, 0.25) is 0 Å². The zero-order valence-corrected chi connectivity index (χ0v) is 21.8. The molecule has 3 heterocycles. The molecule has 1 amide bonds. The first-order chi connectivity index (χ1) is 17.9. The van der Waals surface area contributed by atoms with Crippen LogP contribution in [-0.2, 0) is 14.3 Å². The number of rotatable bonds is 6. The highest BCUT2D eigenvalue weighted by Crippen LogP contribution is 2.45. The maximum Gasteiger partial charge on any atom is 0.295 e. The molecule has 2 N–H and O–H groups in total. The molecule has 3 aliphatic rings. The largest absolute Gasteiger partial charge is 0.507 e. The number of carbonyl (C=O) groups excluding carboxylic acids is 2. The number of phenolic OH excluding ortho intramolecular Hbond substituents is 1. The minimum Gasteiger partial charge on any atom is -0.507 e. The summed E-state index contributed by atoms with van der Waals surface area (Å²) in [5, 5.41) is 21.7. The van der Waals surface area contributed by atoms with Crippen molar-refractivity contribution >= 4 is 33.4 Å². The van der Waals surface area contributed by atoms with Crippen LogP contribution in [-0.4, -0.2) is 91.4 Å². The van der Waals surface area contributed by atoms with E-state index in [1.165, 1.54) is 12.0 Å². The second kappa shape index (κ2) is 10.6. The fourth-order valence-electron chi connectivity index (χ4n) is 4.78. The smallest absolute Gasteiger partial charge is 0.295 e. The van der Waals surface area contributed by atoms with Crippen molar-refractivity contribution in [2.45, 2.75) is 6.04 Å². The fraction of sp³-hybridized carbons (Fsp3) is 0.385. The lowest BCUT2D eigenvalue weighted by atomic mass is 9.94. The normalized spacial score (nSPS) is 21.4. The zero-order valence-electron chi connectivity index (χ0n) is 20.2. The first-order valence-corrected chi connectivity index (χ1v) is 12.7. The minimum absolute atomic E-state index is 0.0525. The number of likely N-dealkylation sites (tertiary alicyclic amines) is 1. The predicted octanol–water partition coefficient (Wildman–Crippen LogP) is 2.69. The van der Waals surface area contributed by atoms with E-state index < -0.39 is 17.7 Å². The van der Waals surface area contributed by atoms with Crippen molar-refractivity contribution in [1.82, 2.24) is 9.80 Å². The summed E-state index contributed by atoms with van der Waals surface area (Å²) < 4.78 is 22.3. The Balaban J connectivity index is 1.59. The maximum absolute atomic E-state index is 13.4. The van der Waals surface area contributed by atoms with Crippen LogP contribution < -0.4 is 14.2 Å². The van der Waals surface area contributed by atoms with E-state index in [0.29, 0.717) is 60.1 Å². The van der Waals surface area contributed by atoms with Crippen molar-refractivity contribution in [2.75, 3.05) is 59.7 Å². The SMILES string of the molecule is COc1cc([C@@H]2/C(=C(\O)c3ccc4c(c3)OCCO4)C(=O)C(=O)N2CCN2CCOCC2)cc(Br)c1O. The summed E-state index contributed by atoms with van der Waals surface area (Å²) >= 11 is 3.33. The molecule has 2 aromatic carbocycles. The zero-order chi connectivity index (χ0) is 26.1. The van der Waals surface area contributed by atoms with Gasteiger partial charge in [-0.25, -0.2) is 0 Å². The van der Waals surface area contributed by atoms with E-state index in [-0.39, 0.29) is 29.4 Å². The first kappa shape index (κ1) is 25.4. The van der Waals surface area contributed by atoms with Gasteiger partial charge in [-0.15, -0.1) is 0 Å². The van der Waals surface area contributed by atoms with E-state index in [2.05, 4.69) is 20.8 Å². The molecule has 196 valence electrons. The first-order valence-electron chi connectivity index (χ1n) is 11.9. The van der Waals surface area contributed by atoms with E-state index in [9.17, 15) is 19.8 Å². The molecule has 5 rings (SSSR count). The Morgan fingerprint density at radius 2 is 1.78 bits per heavy atom. The van der Waals surface area contributed by atoms with Gasteiger partial charge >= 0.3 is 0 Å². The molecular weight excluding hydrogens is 548 g/mol. The van der Waals surface area contributed by atoms with E-state index in [1.54, 1.807) is 30.3 Å². The predicted molar refractivity (Wildman–Crippen MR) is 136 cm³/mol. The van der Waals surface area contributed by atoms with Crippen molar-refractivity contribution in [3.63, 3.8) is 0 Å². The number of aliphatic hydroxyl groups is 1. The number of fused-ring (bicyclic) bond motifs is 1. The molecule has 2 saturated heterocycles. The highest BCUT2D eigenvalue weighted by molar-refractivity contribution is 9.10. The summed E-state index contributed by atoms with van der Waals surface area (Å²) in [5.41, 5.74) is 0.773. The number of halogens is 1. The van der Waals surface area contributed by atoms with Crippen LogP contribution >= 0.6 is 15.9 Å². The lowest BCUT2D eigenvalue weighted by molar-refractivity contribution is -0.140. The van der Waals surface area contributed by atoms with Gasteiger partial charge in [0.1, 0.15) is 19.0 Å². The van der Waals surface area contributed by atoms with Gasteiger partial charge in [0.25, 0.3) is 11.7 Å². The molecule has 0 bridgehead atoms. The molecule has 0 radical (unpaired) electrons. The molecule has 1 atom stereocenters. The number of ether oxygens (including phenoxy) is 4. The number of aromatic hydroxyl groups is 1. The van der Waals surface area contributed by atoms with Crippen LogP contribution in [0.15, 0.2) is 40.4 Å². The van der Waals surface area contributed by atoms with Gasteiger partial charge in [-0.05, 0) is 51.8 Å². The molecule has 0 saturated carbocycles. The third kappa shape index (κ3) is 4.86. The second-order valence-electron chi connectivity index (χ2n) is 8.86. The van der Waals surface area contributed by atoms with Gasteiger partial charge in [0, 0.05) is 31.7 Å². The number of hydrogen-bond acceptors (Lipinski definition) is 9. The van der Waals surface area contributed by atoms with Gasteiger partial charge in [-0.2, -0.15) is 0 Å². The highest BCUT2D eigenvalue weighted by Gasteiger charge is 2.46. The lowest BCUT2D eigenvalue weighted by Gasteiger charge is -2.31. The molecular formula is C26H27BrN2O8. The van der Waals surface area contributed by atoms with Gasteiger partial charge in [0.15, 0.2) is 23.0 Å². The van der Waals surface area contributed by atoms with Gasteiger partial charge < -0.3 is 34.1 Å². The third-order valence-electron chi connectivity index (χ3n) is 6.70. The van der Waals surface area contributed by atoms with Crippen LogP contribution in [0.3, 0.4) is 0 Å². The summed E-state index contributed by atoms with van der Waals surface area (Å²) in [6, 6.07) is 7.15. The summed E-state index contributed by atoms with van der Waals surface area (Å²) in [7, 11) is 1.41. The number of amides is 1. The van der Waals surface area contributed by atoms with Crippen molar-refractivity contribution in [3.8, 4) is 23.0 Å². The molecule has 37 heavy (non-hydrogen) atoms. The van der Waals surface area contributed by atoms with Crippen molar-refractivity contribution < 1.29 is 38.7 Å². The second-order valence-corrected chi connectivity index (χ2v) is 9.71. The Labute approximate surface area is 222 Å². The summed E-state index contributed by atoms with van der Waals surface area (Å²) in [6.07, 6.45) is 0. The van der Waals surface area contributed by atoms with E-state index in [0.717, 1.165) is 13.1 Å². The Morgan fingerprint density at radius 3 is 2.51 bits per heavy atom. The number of phenols is 1. The van der Waals surface area contributed by atoms with Crippen molar-refractivity contribution in [2.24, 2.45) is 0 Å². The number of hydrogen-bond donors (Lipinski definition) is 2. The van der Waals surface area contributed by atoms with E-state index in [4.69, 9.17) is 18.9 Å². The van der Waals surface area contributed by atoms with Gasteiger partial charge in [0.05, 0.1) is 36.4 Å². The summed E-state index contributed by atoms with van der Waals surface area (Å²) in [5.74, 6) is -0.772. The standard InChI is InChI=1S/C26H27BrN2O8/c1-34-20-14-16(12-17(27)24(20)31)22-21(23(30)15-2-3-18-19(13-15)37-11-10-36-18)25(32)26(33)29(22)5-4-28-6-8-35-9-7-28/h2-3,12-14,22,30-31H,4-11H2,1H3/b23-21+/t22-/m1/s1. The average Bonchev–Trinajstić information content (AvgIpc) is 3.18. The van der Waals surface area contributed by atoms with E-state index in [1.807, 2.05) is 0 Å². The van der Waals surface area contributed by atoms with Gasteiger partial charge in [-0.1, -0.05) is 0 Å². The topological polar surface area (TPSA) is 118 Å². The number of ketones is 1. The van der Waals surface area contributed by atoms with E-state index >= 15 is 0 Å². The van der Waals surface area contributed by atoms with Crippen molar-refractivity contribution in [3.05, 3.63) is 51.5 Å². The number of methoxy groups -OCH3 is 1. The van der Waals surface area contributed by atoms with Gasteiger partial charge in [-0.3, -0.25) is 14.5 Å². The molecule has 2 aromatic rings. The Bertz CT molecular complexity index is 1260. The molecule has 0 spiro atoms. The number of morpholine rings is 1. The number of Topliss-reactive ketones (excluding diaryl/α,β-unsaturated/α-hetero) is 1. The lowest BCUT2D eigenvalue weighted by Crippen LogP contribution is -2.42. The van der Waals surface area contributed by atoms with Crippen LogP contribution in [0.1, 0.15) is 17.2 Å². The highest BCUT2D eigenvalue weighted by atomic mass is 79.9. The number of benzene rings is 2. The number of carbonyl (C=O) groups is 2. The van der Waals surface area contributed by atoms with Crippen LogP contribution in [0.5, 0.6) is 23.0 Å². The summed E-state index contributed by atoms with van der Waals surface area (Å²) in [4.78, 5) is 30.3. The minimum atomic E-state index is -0.903. The average molecular weight is 575 g/mol. The number of aliphatic hydroxyl groups excluding tert-OH is 1. The quantitative estimate of drug-likeness (QED) is 0.305. The van der Waals surface area contributed by atoms with Crippen LogP contribution in [0.4, 0.5) is 0 Å². The molecule has 0 aromatic heterocycles. The van der Waals surface area contributed by atoms with Gasteiger partial charge in [0.2, 0.25) is 0 Å². The Hall–Kier alpha value is -3.28. The molecule has 0 unspecified atom stereocenters. The van der Waals surface area contributed by atoms with Crippen molar-refractivity contribution in [1.29, 1.82) is 0 Å². The third-order valence-corrected chi connectivity index (χ3v) is 7.31. The maximum atomic E-state index is 13.4. The van der Waals surface area contributed by atoms with Crippen LogP contribution in [0, 0.1) is 0 Å². The molecule has 0 aliphatic carbocycles.